The summed E-state index contributed by atoms with van der Waals surface area (Å²) in [6.45, 7) is 6.03. The van der Waals surface area contributed by atoms with Gasteiger partial charge >= 0.3 is 5.97 Å². The molecule has 1 saturated carbocycles. The van der Waals surface area contributed by atoms with E-state index in [1.54, 1.807) is 0 Å². The van der Waals surface area contributed by atoms with E-state index in [0.29, 0.717) is 12.8 Å². The molecule has 1 fully saturated rings. The number of carboxylic acids is 1. The van der Waals surface area contributed by atoms with Gasteiger partial charge in [0.1, 0.15) is 0 Å². The van der Waals surface area contributed by atoms with E-state index in [1.807, 2.05) is 32.9 Å². The summed E-state index contributed by atoms with van der Waals surface area (Å²) in [6, 6.07) is 6.06. The lowest BCUT2D eigenvalue weighted by Crippen LogP contribution is -2.40. The van der Waals surface area contributed by atoms with E-state index in [2.05, 4.69) is 11.4 Å². The number of benzene rings is 1. The lowest BCUT2D eigenvalue weighted by Gasteiger charge is -2.29. The first kappa shape index (κ1) is 16.5. The summed E-state index contributed by atoms with van der Waals surface area (Å²) in [6.07, 6.45) is 3.10. The average Bonchev–Trinajstić information content (AvgIpc) is 2.46. The van der Waals surface area contributed by atoms with Crippen molar-refractivity contribution < 1.29 is 14.7 Å². The van der Waals surface area contributed by atoms with Gasteiger partial charge in [0, 0.05) is 0 Å². The molecule has 0 radical (unpaired) electrons. The van der Waals surface area contributed by atoms with Crippen molar-refractivity contribution in [3.8, 4) is 0 Å². The van der Waals surface area contributed by atoms with E-state index in [1.165, 1.54) is 5.56 Å². The van der Waals surface area contributed by atoms with Crippen LogP contribution in [0.1, 0.15) is 55.3 Å². The maximum Gasteiger partial charge on any atom is 0.307 e. The Bertz CT molecular complexity index is 567. The fourth-order valence-electron chi connectivity index (χ4n) is 3.45. The maximum atomic E-state index is 12.5. The molecular formula is C18H25NO3. The van der Waals surface area contributed by atoms with Gasteiger partial charge in [0.25, 0.3) is 0 Å². The van der Waals surface area contributed by atoms with Crippen molar-refractivity contribution in [1.82, 2.24) is 5.32 Å². The molecule has 2 N–H and O–H groups in total. The minimum atomic E-state index is -0.848. The molecule has 4 nitrogen and oxygen atoms in total. The minimum Gasteiger partial charge on any atom is -0.481 e. The van der Waals surface area contributed by atoms with Crippen molar-refractivity contribution in [1.29, 1.82) is 0 Å². The smallest absolute Gasteiger partial charge is 0.307 e. The molecule has 0 spiro atoms. The second-order valence-electron chi connectivity index (χ2n) is 6.43. The molecule has 2 rings (SSSR count). The van der Waals surface area contributed by atoms with E-state index in [9.17, 15) is 14.7 Å². The zero-order valence-corrected chi connectivity index (χ0v) is 13.6. The van der Waals surface area contributed by atoms with Gasteiger partial charge in [-0.2, -0.15) is 0 Å². The fourth-order valence-corrected chi connectivity index (χ4v) is 3.45. The number of aliphatic carboxylic acids is 1. The molecule has 0 unspecified atom stereocenters. The van der Waals surface area contributed by atoms with Crippen LogP contribution >= 0.6 is 0 Å². The quantitative estimate of drug-likeness (QED) is 0.896. The molecule has 1 aromatic rings. The lowest BCUT2D eigenvalue weighted by atomic mass is 9.78. The third-order valence-electron chi connectivity index (χ3n) is 4.67. The Morgan fingerprint density at radius 2 is 1.82 bits per heavy atom. The predicted molar refractivity (Wildman–Crippen MR) is 85.6 cm³/mol. The monoisotopic (exact) mass is 303 g/mol. The van der Waals surface area contributed by atoms with Crippen molar-refractivity contribution in [3.05, 3.63) is 34.9 Å². The Morgan fingerprint density at radius 1 is 1.18 bits per heavy atom. The number of hydrogen-bond donors (Lipinski definition) is 2. The van der Waals surface area contributed by atoms with Crippen molar-refractivity contribution >= 4 is 11.9 Å². The van der Waals surface area contributed by atoms with Crippen LogP contribution in [-0.2, 0) is 9.59 Å². The van der Waals surface area contributed by atoms with Crippen LogP contribution in [0.5, 0.6) is 0 Å². The SMILES string of the molecule is Cc1ccc([C@@H](C)NC(=O)[C@H]2CCCC[C@@H]2C(=O)O)c(C)c1. The Balaban J connectivity index is 2.08. The molecular weight excluding hydrogens is 278 g/mol. The normalized spacial score (nSPS) is 22.9. The summed E-state index contributed by atoms with van der Waals surface area (Å²) in [5, 5.41) is 12.3. The van der Waals surface area contributed by atoms with Crippen LogP contribution < -0.4 is 5.32 Å². The number of carboxylic acid groups (broad SMARTS) is 1. The third-order valence-corrected chi connectivity index (χ3v) is 4.67. The van der Waals surface area contributed by atoms with Crippen molar-refractivity contribution in [3.63, 3.8) is 0 Å². The van der Waals surface area contributed by atoms with E-state index in [0.717, 1.165) is 24.0 Å². The molecule has 1 aliphatic carbocycles. The van der Waals surface area contributed by atoms with Gasteiger partial charge in [-0.1, -0.05) is 36.6 Å². The molecule has 1 amide bonds. The van der Waals surface area contributed by atoms with Crippen molar-refractivity contribution in [2.45, 2.75) is 52.5 Å². The van der Waals surface area contributed by atoms with E-state index < -0.39 is 17.8 Å². The highest BCUT2D eigenvalue weighted by atomic mass is 16.4. The molecule has 1 aliphatic rings. The van der Waals surface area contributed by atoms with E-state index >= 15 is 0 Å². The molecule has 0 bridgehead atoms. The fraction of sp³-hybridized carbons (Fsp3) is 0.556. The van der Waals surface area contributed by atoms with E-state index in [-0.39, 0.29) is 11.9 Å². The molecule has 22 heavy (non-hydrogen) atoms. The standard InChI is InChI=1S/C18H25NO3/c1-11-8-9-14(12(2)10-11)13(3)19-17(20)15-6-4-5-7-16(15)18(21)22/h8-10,13,15-16H,4-7H2,1-3H3,(H,19,20)(H,21,22)/t13-,15+,16+/m1/s1. The largest absolute Gasteiger partial charge is 0.481 e. The highest BCUT2D eigenvalue weighted by molar-refractivity contribution is 5.85. The summed E-state index contributed by atoms with van der Waals surface area (Å²) < 4.78 is 0. The van der Waals surface area contributed by atoms with E-state index in [4.69, 9.17) is 0 Å². The van der Waals surface area contributed by atoms with Crippen molar-refractivity contribution in [2.24, 2.45) is 11.8 Å². The van der Waals surface area contributed by atoms with Crippen LogP contribution in [0.15, 0.2) is 18.2 Å². The number of hydrogen-bond acceptors (Lipinski definition) is 2. The second-order valence-corrected chi connectivity index (χ2v) is 6.43. The number of carbonyl (C=O) groups is 2. The van der Waals surface area contributed by atoms with Crippen LogP contribution in [0.4, 0.5) is 0 Å². The Hall–Kier alpha value is -1.84. The van der Waals surface area contributed by atoms with Crippen LogP contribution in [-0.4, -0.2) is 17.0 Å². The summed E-state index contributed by atoms with van der Waals surface area (Å²) in [7, 11) is 0. The van der Waals surface area contributed by atoms with Gasteiger partial charge in [0.2, 0.25) is 5.91 Å². The lowest BCUT2D eigenvalue weighted by molar-refractivity contribution is -0.149. The van der Waals surface area contributed by atoms with Gasteiger partial charge in [-0.3, -0.25) is 9.59 Å². The summed E-state index contributed by atoms with van der Waals surface area (Å²) >= 11 is 0. The van der Waals surface area contributed by atoms with Gasteiger partial charge in [-0.15, -0.1) is 0 Å². The first-order valence-electron chi connectivity index (χ1n) is 8.00. The van der Waals surface area contributed by atoms with Gasteiger partial charge in [0.05, 0.1) is 17.9 Å². The number of carbonyl (C=O) groups excluding carboxylic acids is 1. The average molecular weight is 303 g/mol. The topological polar surface area (TPSA) is 66.4 Å². The second kappa shape index (κ2) is 6.95. The summed E-state index contributed by atoms with van der Waals surface area (Å²) in [5.41, 5.74) is 3.42. The molecule has 0 saturated heterocycles. The van der Waals surface area contributed by atoms with Crippen LogP contribution in [0, 0.1) is 25.7 Å². The summed E-state index contributed by atoms with van der Waals surface area (Å²) in [4.78, 5) is 23.8. The highest BCUT2D eigenvalue weighted by Crippen LogP contribution is 2.31. The third kappa shape index (κ3) is 3.67. The van der Waals surface area contributed by atoms with Crippen LogP contribution in [0.2, 0.25) is 0 Å². The maximum absolute atomic E-state index is 12.5. The molecule has 1 aromatic carbocycles. The van der Waals surface area contributed by atoms with Crippen LogP contribution in [0.3, 0.4) is 0 Å². The highest BCUT2D eigenvalue weighted by Gasteiger charge is 2.36. The number of rotatable bonds is 4. The molecule has 0 aliphatic heterocycles. The summed E-state index contributed by atoms with van der Waals surface area (Å²) in [5.74, 6) is -1.92. The van der Waals surface area contributed by atoms with Gasteiger partial charge in [-0.05, 0) is 44.7 Å². The van der Waals surface area contributed by atoms with Gasteiger partial charge in [-0.25, -0.2) is 0 Å². The Labute approximate surface area is 131 Å². The van der Waals surface area contributed by atoms with Gasteiger partial charge in [0.15, 0.2) is 0 Å². The van der Waals surface area contributed by atoms with Gasteiger partial charge < -0.3 is 10.4 Å². The number of amides is 1. The number of aryl methyl sites for hydroxylation is 2. The molecule has 0 heterocycles. The first-order valence-corrected chi connectivity index (χ1v) is 8.00. The molecule has 3 atom stereocenters. The minimum absolute atomic E-state index is 0.107. The van der Waals surface area contributed by atoms with Crippen LogP contribution in [0.25, 0.3) is 0 Å². The zero-order chi connectivity index (χ0) is 16.3. The Morgan fingerprint density at radius 3 is 2.41 bits per heavy atom. The van der Waals surface area contributed by atoms with Crippen molar-refractivity contribution in [2.75, 3.05) is 0 Å². The molecule has 4 heteroatoms. The predicted octanol–water partition coefficient (Wildman–Crippen LogP) is 3.37. The molecule has 0 aromatic heterocycles. The number of nitrogens with one attached hydrogen (secondary N) is 1. The zero-order valence-electron chi connectivity index (χ0n) is 13.6. The molecule has 120 valence electrons. The Kier molecular flexibility index (Phi) is 5.22. The first-order chi connectivity index (χ1) is 10.4.